The zero-order chi connectivity index (χ0) is 20.6. The molecule has 1 unspecified atom stereocenters. The third-order valence-electron chi connectivity index (χ3n) is 5.57. The molecule has 0 aliphatic heterocycles. The molecule has 154 valence electrons. The lowest BCUT2D eigenvalue weighted by Crippen LogP contribution is -2.45. The van der Waals surface area contributed by atoms with Gasteiger partial charge < -0.3 is 21.7 Å². The first-order chi connectivity index (χ1) is 14.1. The predicted octanol–water partition coefficient (Wildman–Crippen LogP) is 4.28. The number of rotatable bonds is 6. The molecule has 5 N–H and O–H groups in total. The van der Waals surface area contributed by atoms with E-state index < -0.39 is 0 Å². The van der Waals surface area contributed by atoms with Crippen LogP contribution in [0.1, 0.15) is 48.0 Å². The molecule has 1 aliphatic rings. The van der Waals surface area contributed by atoms with Crippen molar-refractivity contribution >= 4 is 23.3 Å². The van der Waals surface area contributed by atoms with E-state index in [0.29, 0.717) is 29.4 Å². The Morgan fingerprint density at radius 3 is 2.45 bits per heavy atom. The quantitative estimate of drug-likeness (QED) is 0.589. The Hall–Kier alpha value is -2.86. The van der Waals surface area contributed by atoms with Gasteiger partial charge in [0.15, 0.2) is 0 Å². The Morgan fingerprint density at radius 1 is 1.03 bits per heavy atom. The molecule has 29 heavy (non-hydrogen) atoms. The molecule has 1 atom stereocenters. The first-order valence-corrected chi connectivity index (χ1v) is 10.3. The summed E-state index contributed by atoms with van der Waals surface area (Å²) in [4.78, 5) is 25.1. The van der Waals surface area contributed by atoms with Gasteiger partial charge >= 0.3 is 6.03 Å². The predicted molar refractivity (Wildman–Crippen MR) is 117 cm³/mol. The van der Waals surface area contributed by atoms with E-state index in [2.05, 4.69) is 16.0 Å². The van der Waals surface area contributed by atoms with Crippen LogP contribution >= 0.6 is 0 Å². The fraction of sp³-hybridized carbons (Fsp3) is 0.391. The second-order valence-corrected chi connectivity index (χ2v) is 7.69. The van der Waals surface area contributed by atoms with Gasteiger partial charge in [-0.3, -0.25) is 4.79 Å². The van der Waals surface area contributed by atoms with Crippen LogP contribution < -0.4 is 21.7 Å². The molecule has 0 radical (unpaired) electrons. The van der Waals surface area contributed by atoms with Crippen molar-refractivity contribution in [1.82, 2.24) is 5.32 Å². The molecule has 6 heteroatoms. The van der Waals surface area contributed by atoms with Crippen LogP contribution in [0.4, 0.5) is 16.2 Å². The average Bonchev–Trinajstić information content (AvgIpc) is 2.74. The van der Waals surface area contributed by atoms with E-state index in [-0.39, 0.29) is 18.0 Å². The lowest BCUT2D eigenvalue weighted by molar-refractivity contribution is 0.0915. The van der Waals surface area contributed by atoms with Crippen LogP contribution in [0.25, 0.3) is 0 Å². The van der Waals surface area contributed by atoms with E-state index in [1.54, 1.807) is 12.1 Å². The fourth-order valence-electron chi connectivity index (χ4n) is 3.86. The van der Waals surface area contributed by atoms with E-state index in [0.717, 1.165) is 18.4 Å². The first kappa shape index (κ1) is 20.9. The minimum atomic E-state index is -0.348. The number of amides is 3. The summed E-state index contributed by atoms with van der Waals surface area (Å²) in [5.41, 5.74) is 8.65. The maximum Gasteiger partial charge on any atom is 0.323 e. The zero-order valence-electron chi connectivity index (χ0n) is 16.9. The van der Waals surface area contributed by atoms with Crippen LogP contribution in [-0.2, 0) is 0 Å². The molecule has 1 saturated carbocycles. The van der Waals surface area contributed by atoms with Crippen molar-refractivity contribution in [3.63, 3.8) is 0 Å². The van der Waals surface area contributed by atoms with Gasteiger partial charge in [-0.25, -0.2) is 4.79 Å². The number of carbonyl (C=O) groups is 2. The standard InChI is InChI=1S/C23H30N4O2/c1-16-12-13-18(22(28)26-21(15-24)17-8-4-2-5-9-17)14-20(16)27-23(29)25-19-10-6-3-7-11-19/h3,6-7,10-14,17,21H,2,4-5,8-9,15,24H2,1H3,(H,26,28)(H2,25,27,29). The molecular formula is C23H30N4O2. The molecule has 3 rings (SSSR count). The van der Waals surface area contributed by atoms with Crippen molar-refractivity contribution in [3.8, 4) is 0 Å². The summed E-state index contributed by atoms with van der Waals surface area (Å²) in [7, 11) is 0. The number of hydrogen-bond donors (Lipinski definition) is 4. The molecule has 1 aliphatic carbocycles. The average molecular weight is 395 g/mol. The van der Waals surface area contributed by atoms with Crippen molar-refractivity contribution in [2.45, 2.75) is 45.1 Å². The molecule has 0 heterocycles. The van der Waals surface area contributed by atoms with Gasteiger partial charge in [0.05, 0.1) is 0 Å². The molecule has 0 aromatic heterocycles. The van der Waals surface area contributed by atoms with Crippen LogP contribution in [-0.4, -0.2) is 24.5 Å². The van der Waals surface area contributed by atoms with Gasteiger partial charge in [-0.1, -0.05) is 43.5 Å². The summed E-state index contributed by atoms with van der Waals surface area (Å²) in [6.07, 6.45) is 5.89. The highest BCUT2D eigenvalue weighted by Crippen LogP contribution is 2.26. The minimum absolute atomic E-state index is 0.0121. The molecule has 0 spiro atoms. The Morgan fingerprint density at radius 2 is 1.76 bits per heavy atom. The number of para-hydroxylation sites is 1. The number of aryl methyl sites for hydroxylation is 1. The van der Waals surface area contributed by atoms with Crippen LogP contribution in [0.3, 0.4) is 0 Å². The molecule has 1 fully saturated rings. The third kappa shape index (κ3) is 5.81. The molecular weight excluding hydrogens is 364 g/mol. The first-order valence-electron chi connectivity index (χ1n) is 10.3. The SMILES string of the molecule is Cc1ccc(C(=O)NC(CN)C2CCCCC2)cc1NC(=O)Nc1ccccc1. The van der Waals surface area contributed by atoms with Crippen molar-refractivity contribution in [1.29, 1.82) is 0 Å². The number of hydrogen-bond acceptors (Lipinski definition) is 3. The number of urea groups is 1. The van der Waals surface area contributed by atoms with Gasteiger partial charge in [0.2, 0.25) is 0 Å². The summed E-state index contributed by atoms with van der Waals surface area (Å²) >= 11 is 0. The van der Waals surface area contributed by atoms with Gasteiger partial charge in [-0.05, 0) is 55.5 Å². The molecule has 3 amide bonds. The second-order valence-electron chi connectivity index (χ2n) is 7.69. The highest BCUT2D eigenvalue weighted by atomic mass is 16.2. The van der Waals surface area contributed by atoms with Gasteiger partial charge in [-0.15, -0.1) is 0 Å². The van der Waals surface area contributed by atoms with Gasteiger partial charge in [-0.2, -0.15) is 0 Å². The number of carbonyl (C=O) groups excluding carboxylic acids is 2. The zero-order valence-corrected chi connectivity index (χ0v) is 16.9. The molecule has 2 aromatic carbocycles. The van der Waals surface area contributed by atoms with E-state index >= 15 is 0 Å². The topological polar surface area (TPSA) is 96.2 Å². The summed E-state index contributed by atoms with van der Waals surface area (Å²) in [6.45, 7) is 2.33. The van der Waals surface area contributed by atoms with Crippen LogP contribution in [0, 0.1) is 12.8 Å². The lowest BCUT2D eigenvalue weighted by Gasteiger charge is -2.30. The Kier molecular flexibility index (Phi) is 7.25. The molecule has 0 saturated heterocycles. The Bertz CT molecular complexity index is 832. The van der Waals surface area contributed by atoms with Gasteiger partial charge in [0, 0.05) is 29.5 Å². The minimum Gasteiger partial charge on any atom is -0.348 e. The molecule has 0 bridgehead atoms. The summed E-state index contributed by atoms with van der Waals surface area (Å²) in [5.74, 6) is 0.287. The van der Waals surface area contributed by atoms with Gasteiger partial charge in [0.1, 0.15) is 0 Å². The van der Waals surface area contributed by atoms with Crippen LogP contribution in [0.15, 0.2) is 48.5 Å². The van der Waals surface area contributed by atoms with Crippen molar-refractivity contribution in [3.05, 3.63) is 59.7 Å². The third-order valence-corrected chi connectivity index (χ3v) is 5.57. The van der Waals surface area contributed by atoms with Crippen molar-refractivity contribution < 1.29 is 9.59 Å². The largest absolute Gasteiger partial charge is 0.348 e. The fourth-order valence-corrected chi connectivity index (χ4v) is 3.86. The van der Waals surface area contributed by atoms with E-state index in [1.165, 1.54) is 19.3 Å². The number of nitrogens with one attached hydrogen (secondary N) is 3. The van der Waals surface area contributed by atoms with Gasteiger partial charge in [0.25, 0.3) is 5.91 Å². The number of anilines is 2. The highest BCUT2D eigenvalue weighted by molar-refractivity contribution is 6.02. The maximum absolute atomic E-state index is 12.8. The van der Waals surface area contributed by atoms with Crippen molar-refractivity contribution in [2.24, 2.45) is 11.7 Å². The smallest absolute Gasteiger partial charge is 0.323 e. The van der Waals surface area contributed by atoms with Crippen LogP contribution in [0.5, 0.6) is 0 Å². The Labute approximate surface area is 172 Å². The monoisotopic (exact) mass is 394 g/mol. The highest BCUT2D eigenvalue weighted by Gasteiger charge is 2.24. The Balaban J connectivity index is 1.65. The summed E-state index contributed by atoms with van der Waals surface area (Å²) in [5, 5.41) is 8.71. The van der Waals surface area contributed by atoms with E-state index in [9.17, 15) is 9.59 Å². The normalized spacial score (nSPS) is 15.4. The lowest BCUT2D eigenvalue weighted by atomic mass is 9.84. The van der Waals surface area contributed by atoms with E-state index in [1.807, 2.05) is 43.3 Å². The summed E-state index contributed by atoms with van der Waals surface area (Å²) < 4.78 is 0. The maximum atomic E-state index is 12.8. The van der Waals surface area contributed by atoms with Crippen molar-refractivity contribution in [2.75, 3.05) is 17.2 Å². The molecule has 2 aromatic rings. The van der Waals surface area contributed by atoms with Crippen LogP contribution in [0.2, 0.25) is 0 Å². The number of benzene rings is 2. The van der Waals surface area contributed by atoms with E-state index in [4.69, 9.17) is 5.73 Å². The second kappa shape index (κ2) is 10.1. The summed E-state index contributed by atoms with van der Waals surface area (Å²) in [6, 6.07) is 14.2. The molecule has 6 nitrogen and oxygen atoms in total. The number of nitrogens with two attached hydrogens (primary N) is 1.